The van der Waals surface area contributed by atoms with Gasteiger partial charge in [-0.1, -0.05) is 25.1 Å². The molecule has 4 nitrogen and oxygen atoms in total. The highest BCUT2D eigenvalue weighted by Crippen LogP contribution is 2.29. The average molecular weight is 352 g/mol. The first kappa shape index (κ1) is 18.1. The third kappa shape index (κ3) is 5.41. The summed E-state index contributed by atoms with van der Waals surface area (Å²) in [5.41, 5.74) is 0. The van der Waals surface area contributed by atoms with Crippen LogP contribution in [0.4, 0.5) is 0 Å². The number of aliphatic imine (C=N–C) groups is 1. The number of hydrogen-bond donors (Lipinski definition) is 3. The topological polar surface area (TPSA) is 56.7 Å². The van der Waals surface area contributed by atoms with E-state index in [9.17, 15) is 5.11 Å². The van der Waals surface area contributed by atoms with Gasteiger partial charge < -0.3 is 15.7 Å². The molecule has 0 aliphatic heterocycles. The molecule has 6 heteroatoms. The number of hydrogen-bond acceptors (Lipinski definition) is 4. The fourth-order valence-electron chi connectivity index (χ4n) is 2.10. The Hall–Kier alpha value is -1.24. The van der Waals surface area contributed by atoms with Gasteiger partial charge in [0, 0.05) is 27.9 Å². The molecule has 0 aliphatic rings. The summed E-state index contributed by atoms with van der Waals surface area (Å²) >= 11 is 3.44. The summed E-state index contributed by atoms with van der Waals surface area (Å²) in [6, 6.07) is 10.3. The smallest absolute Gasteiger partial charge is 0.191 e. The Labute approximate surface area is 146 Å². The molecule has 0 spiro atoms. The maximum Gasteiger partial charge on any atom is 0.191 e. The van der Waals surface area contributed by atoms with Gasteiger partial charge in [-0.15, -0.1) is 11.3 Å². The first-order chi connectivity index (χ1) is 11.1. The van der Waals surface area contributed by atoms with E-state index in [1.165, 1.54) is 10.1 Å². The van der Waals surface area contributed by atoms with Crippen LogP contribution in [0.25, 0.3) is 10.1 Å². The Kier molecular flexibility index (Phi) is 7.20. The molecule has 0 saturated heterocycles. The highest BCUT2D eigenvalue weighted by Gasteiger charge is 2.12. The number of fused-ring (bicyclic) bond motifs is 1. The Morgan fingerprint density at radius 3 is 2.83 bits per heavy atom. The van der Waals surface area contributed by atoms with Gasteiger partial charge >= 0.3 is 0 Å². The molecule has 0 radical (unpaired) electrons. The summed E-state index contributed by atoms with van der Waals surface area (Å²) in [6.07, 6.45) is 1.56. The van der Waals surface area contributed by atoms with Crippen molar-refractivity contribution in [3.05, 3.63) is 35.2 Å². The van der Waals surface area contributed by atoms with Gasteiger partial charge in [0.2, 0.25) is 0 Å². The molecule has 1 aromatic heterocycles. The molecule has 2 atom stereocenters. The number of aliphatic hydroxyl groups is 1. The number of guanidine groups is 1. The number of nitrogens with zero attached hydrogens (tertiary/aromatic N) is 1. The van der Waals surface area contributed by atoms with Crippen LogP contribution in [-0.4, -0.2) is 42.2 Å². The van der Waals surface area contributed by atoms with Gasteiger partial charge in [-0.3, -0.25) is 4.99 Å². The predicted octanol–water partition coefficient (Wildman–Crippen LogP) is 3.24. The number of aliphatic hydroxyl groups excluding tert-OH is 1. The van der Waals surface area contributed by atoms with Gasteiger partial charge in [0.1, 0.15) is 6.10 Å². The molecule has 0 amide bonds. The van der Waals surface area contributed by atoms with E-state index >= 15 is 0 Å². The minimum absolute atomic E-state index is 0.451. The van der Waals surface area contributed by atoms with Crippen molar-refractivity contribution in [3.8, 4) is 0 Å². The van der Waals surface area contributed by atoms with Crippen LogP contribution in [0, 0.1) is 0 Å². The quantitative estimate of drug-likeness (QED) is 0.529. The average Bonchev–Trinajstić information content (AvgIpc) is 3.00. The summed E-state index contributed by atoms with van der Waals surface area (Å²) in [4.78, 5) is 5.54. The van der Waals surface area contributed by atoms with E-state index < -0.39 is 6.10 Å². The van der Waals surface area contributed by atoms with Crippen LogP contribution >= 0.6 is 23.1 Å². The number of rotatable bonds is 7. The Morgan fingerprint density at radius 1 is 1.35 bits per heavy atom. The van der Waals surface area contributed by atoms with Crippen LogP contribution in [0.5, 0.6) is 0 Å². The lowest BCUT2D eigenvalue weighted by atomic mass is 10.2. The second-order valence-electron chi connectivity index (χ2n) is 5.35. The highest BCUT2D eigenvalue weighted by atomic mass is 32.2. The summed E-state index contributed by atoms with van der Waals surface area (Å²) < 4.78 is 1.20. The van der Waals surface area contributed by atoms with Crippen molar-refractivity contribution in [2.75, 3.05) is 25.9 Å². The zero-order valence-electron chi connectivity index (χ0n) is 13.9. The second-order valence-corrected chi connectivity index (χ2v) is 7.74. The monoisotopic (exact) mass is 351 g/mol. The van der Waals surface area contributed by atoms with Crippen LogP contribution in [0.2, 0.25) is 0 Å². The summed E-state index contributed by atoms with van der Waals surface area (Å²) in [5.74, 6) is 0.758. The van der Waals surface area contributed by atoms with Crippen molar-refractivity contribution in [2.45, 2.75) is 25.2 Å². The molecule has 2 unspecified atom stereocenters. The molecule has 3 N–H and O–H groups in total. The minimum atomic E-state index is -0.533. The Bertz CT molecular complexity index is 609. The molecule has 2 rings (SSSR count). The van der Waals surface area contributed by atoms with E-state index in [2.05, 4.69) is 47.0 Å². The zero-order valence-corrected chi connectivity index (χ0v) is 15.5. The number of thioether (sulfide) groups is 1. The van der Waals surface area contributed by atoms with Crippen molar-refractivity contribution >= 4 is 39.1 Å². The van der Waals surface area contributed by atoms with Gasteiger partial charge in [-0.05, 0) is 30.7 Å². The molecular formula is C17H25N3OS2. The molecule has 0 fully saturated rings. The van der Waals surface area contributed by atoms with Gasteiger partial charge in [0.15, 0.2) is 5.96 Å². The van der Waals surface area contributed by atoms with Gasteiger partial charge in [-0.2, -0.15) is 11.8 Å². The zero-order chi connectivity index (χ0) is 16.7. The van der Waals surface area contributed by atoms with Crippen LogP contribution in [0.3, 0.4) is 0 Å². The largest absolute Gasteiger partial charge is 0.386 e. The van der Waals surface area contributed by atoms with Gasteiger partial charge in [0.25, 0.3) is 0 Å². The van der Waals surface area contributed by atoms with Gasteiger partial charge in [-0.25, -0.2) is 0 Å². The van der Waals surface area contributed by atoms with E-state index in [1.54, 1.807) is 23.1 Å². The lowest BCUT2D eigenvalue weighted by molar-refractivity contribution is 0.184. The van der Waals surface area contributed by atoms with Crippen LogP contribution in [-0.2, 0) is 0 Å². The third-order valence-electron chi connectivity index (χ3n) is 3.49. The Morgan fingerprint density at radius 2 is 2.13 bits per heavy atom. The summed E-state index contributed by atoms with van der Waals surface area (Å²) in [6.45, 7) is 6.21. The van der Waals surface area contributed by atoms with Crippen molar-refractivity contribution in [2.24, 2.45) is 4.99 Å². The van der Waals surface area contributed by atoms with Gasteiger partial charge in [0.05, 0.1) is 6.54 Å². The van der Waals surface area contributed by atoms with E-state index in [0.717, 1.165) is 23.9 Å². The first-order valence-corrected chi connectivity index (χ1v) is 9.96. The number of thiophene rings is 1. The molecule has 2 aromatic rings. The Balaban J connectivity index is 1.96. The van der Waals surface area contributed by atoms with Crippen LogP contribution < -0.4 is 10.6 Å². The minimum Gasteiger partial charge on any atom is -0.386 e. The van der Waals surface area contributed by atoms with Crippen molar-refractivity contribution in [1.82, 2.24) is 10.6 Å². The molecule has 126 valence electrons. The van der Waals surface area contributed by atoms with Crippen molar-refractivity contribution in [3.63, 3.8) is 0 Å². The highest BCUT2D eigenvalue weighted by molar-refractivity contribution is 7.99. The van der Waals surface area contributed by atoms with Crippen molar-refractivity contribution in [1.29, 1.82) is 0 Å². The molecule has 1 heterocycles. The summed E-state index contributed by atoms with van der Waals surface area (Å²) in [5, 5.41) is 18.5. The summed E-state index contributed by atoms with van der Waals surface area (Å²) in [7, 11) is 0. The number of benzene rings is 1. The van der Waals surface area contributed by atoms with Crippen LogP contribution in [0.15, 0.2) is 35.3 Å². The molecule has 0 bridgehead atoms. The molecular weight excluding hydrogens is 326 g/mol. The van der Waals surface area contributed by atoms with Crippen LogP contribution in [0.1, 0.15) is 24.8 Å². The standard InChI is InChI=1S/C17H25N3OS2/c1-4-18-17(19-10-12(2)22-3)20-11-14(21)16-9-13-7-5-6-8-15(13)23-16/h5-9,12,14,21H,4,10-11H2,1-3H3,(H2,18,19,20). The fraction of sp³-hybridized carbons (Fsp3) is 0.471. The maximum atomic E-state index is 10.4. The maximum absolute atomic E-state index is 10.4. The van der Waals surface area contributed by atoms with E-state index in [-0.39, 0.29) is 0 Å². The third-order valence-corrected chi connectivity index (χ3v) is 5.66. The molecule has 0 aliphatic carbocycles. The van der Waals surface area contributed by atoms with E-state index in [1.807, 2.05) is 19.1 Å². The first-order valence-electron chi connectivity index (χ1n) is 7.85. The number of nitrogens with one attached hydrogen (secondary N) is 2. The van der Waals surface area contributed by atoms with Crippen molar-refractivity contribution < 1.29 is 5.11 Å². The van der Waals surface area contributed by atoms with E-state index in [4.69, 9.17) is 0 Å². The lowest BCUT2D eigenvalue weighted by Gasteiger charge is -2.15. The SMILES string of the molecule is CCNC(=NCC(C)SC)NCC(O)c1cc2ccccc2s1. The second kappa shape index (κ2) is 9.15. The normalized spacial score (nSPS) is 14.7. The van der Waals surface area contributed by atoms with E-state index in [0.29, 0.717) is 11.8 Å². The molecule has 1 aromatic carbocycles. The fourth-order valence-corrected chi connectivity index (χ4v) is 3.37. The molecule has 0 saturated carbocycles. The molecule has 23 heavy (non-hydrogen) atoms. The predicted molar refractivity (Wildman–Crippen MR) is 104 cm³/mol. The lowest BCUT2D eigenvalue weighted by Crippen LogP contribution is -2.39.